The predicted octanol–water partition coefficient (Wildman–Crippen LogP) is 5.35. The summed E-state index contributed by atoms with van der Waals surface area (Å²) >= 11 is 0. The lowest BCUT2D eigenvalue weighted by Crippen LogP contribution is -2.53. The first-order valence-electron chi connectivity index (χ1n) is 11.1. The molecule has 2 atom stereocenters. The number of nitrogens with one attached hydrogen (secondary N) is 1. The van der Waals surface area contributed by atoms with Crippen molar-refractivity contribution >= 4 is 16.5 Å². The molecule has 1 aliphatic heterocycles. The highest BCUT2D eigenvalue weighted by Gasteiger charge is 2.42. The van der Waals surface area contributed by atoms with Crippen molar-refractivity contribution in [1.82, 2.24) is 4.98 Å². The third-order valence-corrected chi connectivity index (χ3v) is 7.14. The highest BCUT2D eigenvalue weighted by atomic mass is 19.4. The molecule has 0 spiro atoms. The molecule has 168 valence electrons. The Morgan fingerprint density at radius 3 is 2.69 bits per heavy atom. The molecule has 2 aliphatic rings. The second-order valence-electron chi connectivity index (χ2n) is 9.07. The van der Waals surface area contributed by atoms with Gasteiger partial charge < -0.3 is 15.0 Å². The third kappa shape index (κ3) is 3.68. The van der Waals surface area contributed by atoms with Crippen LogP contribution in [0.1, 0.15) is 37.7 Å². The second-order valence-corrected chi connectivity index (χ2v) is 9.07. The van der Waals surface area contributed by atoms with Crippen LogP contribution in [0, 0.1) is 5.92 Å². The van der Waals surface area contributed by atoms with Crippen molar-refractivity contribution in [3.8, 4) is 11.3 Å². The Kier molecular flexibility index (Phi) is 5.04. The van der Waals surface area contributed by atoms with Crippen LogP contribution in [-0.4, -0.2) is 28.8 Å². The van der Waals surface area contributed by atoms with Crippen molar-refractivity contribution in [2.24, 2.45) is 5.92 Å². The van der Waals surface area contributed by atoms with Gasteiger partial charge >= 0.3 is 6.18 Å². The molecule has 2 N–H and O–H groups in total. The first kappa shape index (κ1) is 21.1. The normalized spacial score (nSPS) is 23.9. The van der Waals surface area contributed by atoms with Crippen molar-refractivity contribution in [1.29, 1.82) is 0 Å². The summed E-state index contributed by atoms with van der Waals surface area (Å²) in [6.07, 6.45) is 0.244. The Bertz CT molecular complexity index is 1220. The number of benzene rings is 2. The van der Waals surface area contributed by atoms with E-state index in [9.17, 15) is 23.1 Å². The van der Waals surface area contributed by atoms with E-state index in [2.05, 4.69) is 9.88 Å². The number of halogens is 3. The Morgan fingerprint density at radius 1 is 1.06 bits per heavy atom. The minimum Gasteiger partial charge on any atom is -0.389 e. The topological polar surface area (TPSA) is 56.3 Å². The summed E-state index contributed by atoms with van der Waals surface area (Å²) in [6.45, 7) is 1.46. The molecule has 1 aliphatic carbocycles. The number of rotatable bonds is 2. The zero-order valence-electron chi connectivity index (χ0n) is 17.6. The van der Waals surface area contributed by atoms with Gasteiger partial charge in [0.1, 0.15) is 0 Å². The fraction of sp³-hybridized carbons (Fsp3) is 0.400. The van der Waals surface area contributed by atoms with Gasteiger partial charge in [0.2, 0.25) is 0 Å². The molecule has 0 radical (unpaired) electrons. The molecule has 2 aromatic carbocycles. The largest absolute Gasteiger partial charge is 0.417 e. The number of anilines is 1. The number of aromatic nitrogens is 1. The Balaban J connectivity index is 1.50. The number of pyridine rings is 1. The zero-order valence-corrected chi connectivity index (χ0v) is 17.6. The van der Waals surface area contributed by atoms with E-state index >= 15 is 0 Å². The SMILES string of the molecule is O=c1[nH]c(-c2ccccc2C(F)(F)F)cc2ccc(N3CCC4(O)CCCCC4C3)cc12. The molecule has 5 rings (SSSR count). The van der Waals surface area contributed by atoms with Gasteiger partial charge in [0.25, 0.3) is 5.56 Å². The fourth-order valence-electron chi connectivity index (χ4n) is 5.36. The number of alkyl halides is 3. The molecule has 2 heterocycles. The van der Waals surface area contributed by atoms with E-state index in [0.29, 0.717) is 23.7 Å². The van der Waals surface area contributed by atoms with Gasteiger partial charge in [-0.1, -0.05) is 37.1 Å². The van der Waals surface area contributed by atoms with Crippen molar-refractivity contribution in [2.45, 2.75) is 43.9 Å². The molecule has 3 aromatic rings. The molecule has 32 heavy (non-hydrogen) atoms. The quantitative estimate of drug-likeness (QED) is 0.563. The lowest BCUT2D eigenvalue weighted by molar-refractivity contribution is -0.137. The summed E-state index contributed by atoms with van der Waals surface area (Å²) in [5.41, 5.74) is -0.769. The van der Waals surface area contributed by atoms with Crippen LogP contribution in [0.3, 0.4) is 0 Å². The molecule has 7 heteroatoms. The fourth-order valence-corrected chi connectivity index (χ4v) is 5.36. The third-order valence-electron chi connectivity index (χ3n) is 7.14. The Hall–Kier alpha value is -2.80. The summed E-state index contributed by atoms with van der Waals surface area (Å²) in [6, 6.07) is 12.4. The second kappa shape index (κ2) is 7.66. The highest BCUT2D eigenvalue weighted by Crippen LogP contribution is 2.41. The lowest BCUT2D eigenvalue weighted by Gasteiger charge is -2.48. The van der Waals surface area contributed by atoms with Gasteiger partial charge in [-0.05, 0) is 48.9 Å². The van der Waals surface area contributed by atoms with Crippen LogP contribution in [0.4, 0.5) is 18.9 Å². The van der Waals surface area contributed by atoms with Crippen LogP contribution < -0.4 is 10.5 Å². The summed E-state index contributed by atoms with van der Waals surface area (Å²) in [5, 5.41) is 12.0. The van der Waals surface area contributed by atoms with Crippen LogP contribution in [0.15, 0.2) is 53.3 Å². The molecule has 0 amide bonds. The maximum absolute atomic E-state index is 13.4. The molecule has 0 bridgehead atoms. The number of aliphatic hydroxyl groups is 1. The summed E-state index contributed by atoms with van der Waals surface area (Å²) in [7, 11) is 0. The molecule has 1 saturated heterocycles. The predicted molar refractivity (Wildman–Crippen MR) is 119 cm³/mol. The van der Waals surface area contributed by atoms with E-state index < -0.39 is 22.9 Å². The molecular weight excluding hydrogens is 417 g/mol. The van der Waals surface area contributed by atoms with E-state index in [-0.39, 0.29) is 17.2 Å². The lowest BCUT2D eigenvalue weighted by atomic mass is 9.71. The van der Waals surface area contributed by atoms with Crippen molar-refractivity contribution in [3.63, 3.8) is 0 Å². The molecule has 1 aromatic heterocycles. The number of hydrogen-bond acceptors (Lipinski definition) is 3. The summed E-state index contributed by atoms with van der Waals surface area (Å²) < 4.78 is 40.3. The molecular formula is C25H25F3N2O2. The number of H-pyrrole nitrogens is 1. The minimum atomic E-state index is -4.51. The van der Waals surface area contributed by atoms with E-state index in [1.165, 1.54) is 18.2 Å². The van der Waals surface area contributed by atoms with Gasteiger partial charge in [0, 0.05) is 41.3 Å². The zero-order chi connectivity index (χ0) is 22.5. The number of hydrogen-bond donors (Lipinski definition) is 2. The Labute approximate surface area is 183 Å². The van der Waals surface area contributed by atoms with Gasteiger partial charge in [-0.3, -0.25) is 4.79 Å². The average Bonchev–Trinajstić information content (AvgIpc) is 2.77. The van der Waals surface area contributed by atoms with Gasteiger partial charge in [0.05, 0.1) is 11.2 Å². The molecule has 2 fully saturated rings. The van der Waals surface area contributed by atoms with Crippen LogP contribution in [-0.2, 0) is 6.18 Å². The molecule has 1 saturated carbocycles. The number of piperidine rings is 1. The smallest absolute Gasteiger partial charge is 0.389 e. The average molecular weight is 442 g/mol. The minimum absolute atomic E-state index is 0.0457. The van der Waals surface area contributed by atoms with Gasteiger partial charge in [-0.2, -0.15) is 13.2 Å². The van der Waals surface area contributed by atoms with Crippen LogP contribution in [0.5, 0.6) is 0 Å². The van der Waals surface area contributed by atoms with Crippen molar-refractivity contribution < 1.29 is 18.3 Å². The first-order chi connectivity index (χ1) is 15.2. The first-order valence-corrected chi connectivity index (χ1v) is 11.1. The number of nitrogens with zero attached hydrogens (tertiary/aromatic N) is 1. The maximum Gasteiger partial charge on any atom is 0.417 e. The summed E-state index contributed by atoms with van der Waals surface area (Å²) in [4.78, 5) is 17.7. The van der Waals surface area contributed by atoms with Crippen molar-refractivity contribution in [3.05, 3.63) is 64.4 Å². The van der Waals surface area contributed by atoms with Crippen LogP contribution >= 0.6 is 0 Å². The Morgan fingerprint density at radius 2 is 1.88 bits per heavy atom. The van der Waals surface area contributed by atoms with E-state index in [0.717, 1.165) is 44.0 Å². The van der Waals surface area contributed by atoms with E-state index in [1.54, 1.807) is 18.2 Å². The maximum atomic E-state index is 13.4. The van der Waals surface area contributed by atoms with Crippen LogP contribution in [0.25, 0.3) is 22.0 Å². The number of aromatic amines is 1. The molecule has 2 unspecified atom stereocenters. The van der Waals surface area contributed by atoms with Gasteiger partial charge in [0.15, 0.2) is 0 Å². The van der Waals surface area contributed by atoms with Crippen LogP contribution in [0.2, 0.25) is 0 Å². The monoisotopic (exact) mass is 442 g/mol. The standard InChI is InChI=1S/C25H25F3N2O2/c26-25(27,28)21-7-2-1-6-19(21)22-13-16-8-9-18(14-20(16)23(31)29-22)30-12-11-24(32)10-4-3-5-17(24)15-30/h1-2,6-9,13-14,17,32H,3-5,10-12,15H2,(H,29,31). The van der Waals surface area contributed by atoms with Gasteiger partial charge in [-0.25, -0.2) is 0 Å². The highest BCUT2D eigenvalue weighted by molar-refractivity contribution is 5.88. The summed E-state index contributed by atoms with van der Waals surface area (Å²) in [5.74, 6) is 0.222. The van der Waals surface area contributed by atoms with Gasteiger partial charge in [-0.15, -0.1) is 0 Å². The van der Waals surface area contributed by atoms with E-state index in [4.69, 9.17) is 0 Å². The molecule has 4 nitrogen and oxygen atoms in total. The van der Waals surface area contributed by atoms with E-state index in [1.807, 2.05) is 6.07 Å². The van der Waals surface area contributed by atoms with Crippen molar-refractivity contribution in [2.75, 3.05) is 18.0 Å². The number of fused-ring (bicyclic) bond motifs is 2.